The number of hydrogen-bond donors (Lipinski definition) is 1. The second-order valence-corrected chi connectivity index (χ2v) is 4.73. The molecule has 1 fully saturated rings. The summed E-state index contributed by atoms with van der Waals surface area (Å²) in [5, 5.41) is 0. The predicted octanol–water partition coefficient (Wildman–Crippen LogP) is 2.52. The van der Waals surface area contributed by atoms with Crippen LogP contribution in [-0.4, -0.2) is 25.0 Å². The number of hydrogen-bond acceptors (Lipinski definition) is 2. The van der Waals surface area contributed by atoms with E-state index >= 15 is 0 Å². The number of rotatable bonds is 5. The molecule has 88 valence electrons. The fourth-order valence-electron chi connectivity index (χ4n) is 2.35. The van der Waals surface area contributed by atoms with Gasteiger partial charge in [-0.1, -0.05) is 31.2 Å². The Morgan fingerprint density at radius 2 is 2.06 bits per heavy atom. The molecule has 2 heteroatoms. The van der Waals surface area contributed by atoms with Crippen LogP contribution in [-0.2, 0) is 0 Å². The predicted molar refractivity (Wildman–Crippen MR) is 68.5 cm³/mol. The Labute approximate surface area is 98.4 Å². The number of benzene rings is 1. The van der Waals surface area contributed by atoms with Crippen LogP contribution in [0.5, 0.6) is 0 Å². The van der Waals surface area contributed by atoms with Crippen LogP contribution in [0.1, 0.15) is 42.9 Å². The minimum absolute atomic E-state index is 0.377. The maximum atomic E-state index is 5.93. The average Bonchev–Trinajstić information content (AvgIpc) is 3.14. The largest absolute Gasteiger partial charge is 0.329 e. The van der Waals surface area contributed by atoms with E-state index in [1.54, 1.807) is 0 Å². The summed E-state index contributed by atoms with van der Waals surface area (Å²) >= 11 is 0. The normalized spacial score (nSPS) is 17.8. The summed E-state index contributed by atoms with van der Waals surface area (Å²) < 4.78 is 0. The first-order chi connectivity index (χ1) is 7.77. The van der Waals surface area contributed by atoms with Crippen molar-refractivity contribution in [1.82, 2.24) is 4.90 Å². The molecular weight excluding hydrogens is 196 g/mol. The van der Waals surface area contributed by atoms with Gasteiger partial charge < -0.3 is 5.73 Å². The molecular formula is C14H22N2. The van der Waals surface area contributed by atoms with Gasteiger partial charge in [0.05, 0.1) is 0 Å². The third-order valence-electron chi connectivity index (χ3n) is 3.63. The Kier molecular flexibility index (Phi) is 3.62. The summed E-state index contributed by atoms with van der Waals surface area (Å²) in [6, 6.07) is 9.18. The Hall–Kier alpha value is -0.860. The summed E-state index contributed by atoms with van der Waals surface area (Å²) in [4.78, 5) is 2.33. The number of nitrogens with zero attached hydrogens (tertiary/aromatic N) is 1. The first-order valence-electron chi connectivity index (χ1n) is 6.27. The van der Waals surface area contributed by atoms with Gasteiger partial charge in [-0.15, -0.1) is 0 Å². The molecule has 1 atom stereocenters. The molecule has 1 saturated carbocycles. The van der Waals surface area contributed by atoms with Crippen molar-refractivity contribution in [3.8, 4) is 0 Å². The van der Waals surface area contributed by atoms with E-state index in [1.165, 1.54) is 24.0 Å². The molecule has 2 N–H and O–H groups in total. The molecule has 0 bridgehead atoms. The topological polar surface area (TPSA) is 29.3 Å². The summed E-state index contributed by atoms with van der Waals surface area (Å²) in [5.41, 5.74) is 8.90. The molecule has 0 saturated heterocycles. The summed E-state index contributed by atoms with van der Waals surface area (Å²) in [6.07, 6.45) is 2.70. The average molecular weight is 218 g/mol. The van der Waals surface area contributed by atoms with E-state index in [2.05, 4.69) is 43.1 Å². The Bertz CT molecular complexity index is 344. The maximum Gasteiger partial charge on any atom is 0.0470 e. The van der Waals surface area contributed by atoms with E-state index in [4.69, 9.17) is 5.73 Å². The van der Waals surface area contributed by atoms with Gasteiger partial charge in [0.15, 0.2) is 0 Å². The lowest BCUT2D eigenvalue weighted by Crippen LogP contribution is -2.31. The Balaban J connectivity index is 2.29. The lowest BCUT2D eigenvalue weighted by atomic mass is 9.96. The van der Waals surface area contributed by atoms with Gasteiger partial charge in [0.2, 0.25) is 0 Å². The highest BCUT2D eigenvalue weighted by molar-refractivity contribution is 5.35. The molecule has 1 aromatic rings. The van der Waals surface area contributed by atoms with E-state index in [1.807, 2.05) is 0 Å². The Morgan fingerprint density at radius 3 is 2.62 bits per heavy atom. The second kappa shape index (κ2) is 4.98. The molecule has 0 heterocycles. The van der Waals surface area contributed by atoms with Crippen molar-refractivity contribution in [3.63, 3.8) is 0 Å². The lowest BCUT2D eigenvalue weighted by molar-refractivity contribution is 0.262. The van der Waals surface area contributed by atoms with Crippen molar-refractivity contribution in [2.75, 3.05) is 20.1 Å². The van der Waals surface area contributed by atoms with Crippen LogP contribution in [0, 0.1) is 0 Å². The Morgan fingerprint density at radius 1 is 1.38 bits per heavy atom. The fraction of sp³-hybridized carbons (Fsp3) is 0.571. The smallest absolute Gasteiger partial charge is 0.0470 e. The molecule has 0 aliphatic heterocycles. The first kappa shape index (κ1) is 11.6. The van der Waals surface area contributed by atoms with Crippen molar-refractivity contribution < 1.29 is 0 Å². The summed E-state index contributed by atoms with van der Waals surface area (Å²) in [7, 11) is 2.15. The molecule has 1 aliphatic rings. The van der Waals surface area contributed by atoms with E-state index in [0.717, 1.165) is 12.5 Å². The van der Waals surface area contributed by atoms with Gasteiger partial charge in [0.1, 0.15) is 0 Å². The zero-order chi connectivity index (χ0) is 11.5. The van der Waals surface area contributed by atoms with Gasteiger partial charge >= 0.3 is 0 Å². The fourth-order valence-corrected chi connectivity index (χ4v) is 2.35. The van der Waals surface area contributed by atoms with Crippen LogP contribution >= 0.6 is 0 Å². The lowest BCUT2D eigenvalue weighted by Gasteiger charge is -2.28. The van der Waals surface area contributed by atoms with Crippen molar-refractivity contribution in [3.05, 3.63) is 35.4 Å². The zero-order valence-electron chi connectivity index (χ0n) is 10.3. The number of nitrogens with two attached hydrogens (primary N) is 1. The molecule has 1 aliphatic carbocycles. The van der Waals surface area contributed by atoms with Crippen LogP contribution < -0.4 is 5.73 Å². The molecule has 2 nitrogen and oxygen atoms in total. The SMILES string of the molecule is CCN(C)C(CN)c1ccccc1C1CC1. The second-order valence-electron chi connectivity index (χ2n) is 4.73. The van der Waals surface area contributed by atoms with Crippen LogP contribution in [0.25, 0.3) is 0 Å². The van der Waals surface area contributed by atoms with E-state index in [9.17, 15) is 0 Å². The van der Waals surface area contributed by atoms with Gasteiger partial charge in [0, 0.05) is 12.6 Å². The molecule has 0 spiro atoms. The van der Waals surface area contributed by atoms with E-state index in [-0.39, 0.29) is 0 Å². The van der Waals surface area contributed by atoms with Gasteiger partial charge in [-0.25, -0.2) is 0 Å². The van der Waals surface area contributed by atoms with Crippen molar-refractivity contribution >= 4 is 0 Å². The molecule has 1 unspecified atom stereocenters. The molecule has 2 rings (SSSR count). The summed E-state index contributed by atoms with van der Waals surface area (Å²) in [6.45, 7) is 3.93. The highest BCUT2D eigenvalue weighted by Crippen LogP contribution is 2.43. The summed E-state index contributed by atoms with van der Waals surface area (Å²) in [5.74, 6) is 0.801. The van der Waals surface area contributed by atoms with Gasteiger partial charge in [-0.2, -0.15) is 0 Å². The maximum absolute atomic E-state index is 5.93. The van der Waals surface area contributed by atoms with Crippen molar-refractivity contribution in [1.29, 1.82) is 0 Å². The van der Waals surface area contributed by atoms with Gasteiger partial charge in [-0.3, -0.25) is 4.90 Å². The van der Waals surface area contributed by atoms with Gasteiger partial charge in [0.25, 0.3) is 0 Å². The molecule has 16 heavy (non-hydrogen) atoms. The molecule has 1 aromatic carbocycles. The quantitative estimate of drug-likeness (QED) is 0.823. The third-order valence-corrected chi connectivity index (χ3v) is 3.63. The van der Waals surface area contributed by atoms with E-state index < -0.39 is 0 Å². The van der Waals surface area contributed by atoms with Crippen LogP contribution in [0.2, 0.25) is 0 Å². The number of likely N-dealkylation sites (N-methyl/N-ethyl adjacent to an activating group) is 1. The minimum atomic E-state index is 0.377. The minimum Gasteiger partial charge on any atom is -0.329 e. The molecule has 0 radical (unpaired) electrons. The van der Waals surface area contributed by atoms with Crippen LogP contribution in [0.15, 0.2) is 24.3 Å². The van der Waals surface area contributed by atoms with Crippen LogP contribution in [0.4, 0.5) is 0 Å². The highest BCUT2D eigenvalue weighted by Gasteiger charge is 2.28. The van der Waals surface area contributed by atoms with Crippen molar-refractivity contribution in [2.24, 2.45) is 5.73 Å². The van der Waals surface area contributed by atoms with Gasteiger partial charge in [-0.05, 0) is 43.5 Å². The van der Waals surface area contributed by atoms with Crippen molar-refractivity contribution in [2.45, 2.75) is 31.7 Å². The molecule has 0 aromatic heterocycles. The third kappa shape index (κ3) is 2.28. The standard InChI is InChI=1S/C14H22N2/c1-3-16(2)14(10-15)13-7-5-4-6-12(13)11-8-9-11/h4-7,11,14H,3,8-10,15H2,1-2H3. The monoisotopic (exact) mass is 218 g/mol. The van der Waals surface area contributed by atoms with E-state index in [0.29, 0.717) is 12.6 Å². The zero-order valence-corrected chi connectivity index (χ0v) is 10.3. The molecule has 0 amide bonds. The highest BCUT2D eigenvalue weighted by atomic mass is 15.1. The van der Waals surface area contributed by atoms with Crippen LogP contribution in [0.3, 0.4) is 0 Å². The first-order valence-corrected chi connectivity index (χ1v) is 6.27.